The molecular weight excluding hydrogens is 289 g/mol. The topological polar surface area (TPSA) is 58.8 Å². The Morgan fingerprint density at radius 3 is 2.88 bits per heavy atom. The van der Waals surface area contributed by atoms with Crippen molar-refractivity contribution in [2.45, 2.75) is 0 Å². The Morgan fingerprint density at radius 1 is 1.35 bits per heavy atom. The summed E-state index contributed by atoms with van der Waals surface area (Å²) in [6.07, 6.45) is 1.41. The quantitative estimate of drug-likeness (QED) is 0.854. The van der Waals surface area contributed by atoms with Crippen LogP contribution in [-0.2, 0) is 0 Å². The second kappa shape index (κ2) is 4.89. The molecule has 1 aromatic carbocycles. The maximum Gasteiger partial charge on any atom is 0.323 e. The van der Waals surface area contributed by atoms with Crippen molar-refractivity contribution in [3.05, 3.63) is 46.4 Å². The van der Waals surface area contributed by atoms with Crippen LogP contribution in [0.5, 0.6) is 11.8 Å². The highest BCUT2D eigenvalue weighted by Crippen LogP contribution is 2.28. The van der Waals surface area contributed by atoms with Crippen molar-refractivity contribution in [1.29, 1.82) is 5.26 Å². The molecule has 0 aliphatic carbocycles. The molecule has 84 valence electrons. The number of rotatable bonds is 2. The molecule has 0 bridgehead atoms. The molecule has 1 heterocycles. The van der Waals surface area contributed by atoms with Gasteiger partial charge in [-0.1, -0.05) is 0 Å². The maximum absolute atomic E-state index is 12.8. The zero-order chi connectivity index (χ0) is 12.3. The van der Waals surface area contributed by atoms with Gasteiger partial charge < -0.3 is 4.74 Å². The Labute approximate surface area is 105 Å². The molecule has 0 saturated carbocycles. The average Bonchev–Trinajstić information content (AvgIpc) is 2.33. The maximum atomic E-state index is 12.8. The fourth-order valence-corrected chi connectivity index (χ4v) is 1.54. The van der Waals surface area contributed by atoms with E-state index in [4.69, 9.17) is 10.00 Å². The van der Waals surface area contributed by atoms with Crippen LogP contribution in [0.4, 0.5) is 4.39 Å². The largest absolute Gasteiger partial charge is 0.423 e. The highest BCUT2D eigenvalue weighted by atomic mass is 79.9. The third-order valence-corrected chi connectivity index (χ3v) is 2.46. The van der Waals surface area contributed by atoms with Crippen molar-refractivity contribution in [1.82, 2.24) is 9.97 Å². The lowest BCUT2D eigenvalue weighted by Crippen LogP contribution is -1.94. The van der Waals surface area contributed by atoms with Crippen LogP contribution in [0.1, 0.15) is 5.69 Å². The predicted octanol–water partition coefficient (Wildman–Crippen LogP) is 3.04. The number of aromatic nitrogens is 2. The molecule has 0 unspecified atom stereocenters. The van der Waals surface area contributed by atoms with E-state index < -0.39 is 0 Å². The smallest absolute Gasteiger partial charge is 0.323 e. The molecule has 4 nitrogen and oxygen atoms in total. The van der Waals surface area contributed by atoms with Gasteiger partial charge in [-0.15, -0.1) is 0 Å². The number of ether oxygens (including phenoxy) is 1. The summed E-state index contributed by atoms with van der Waals surface area (Å²) in [7, 11) is 0. The van der Waals surface area contributed by atoms with E-state index in [-0.39, 0.29) is 17.5 Å². The molecule has 2 aromatic rings. The summed E-state index contributed by atoms with van der Waals surface area (Å²) in [4.78, 5) is 7.69. The van der Waals surface area contributed by atoms with Gasteiger partial charge in [-0.05, 0) is 40.2 Å². The fraction of sp³-hybridized carbons (Fsp3) is 0. The summed E-state index contributed by atoms with van der Waals surface area (Å²) in [6.45, 7) is 0. The Bertz CT molecular complexity index is 598. The van der Waals surface area contributed by atoms with E-state index >= 15 is 0 Å². The minimum absolute atomic E-state index is 0.0383. The van der Waals surface area contributed by atoms with E-state index in [1.807, 2.05) is 6.07 Å². The summed E-state index contributed by atoms with van der Waals surface area (Å²) in [5, 5.41) is 8.66. The van der Waals surface area contributed by atoms with Crippen LogP contribution in [0.3, 0.4) is 0 Å². The van der Waals surface area contributed by atoms with Gasteiger partial charge in [0.1, 0.15) is 23.3 Å². The molecule has 0 radical (unpaired) electrons. The molecule has 17 heavy (non-hydrogen) atoms. The molecule has 0 aliphatic rings. The van der Waals surface area contributed by atoms with Crippen LogP contribution in [0.15, 0.2) is 34.9 Å². The van der Waals surface area contributed by atoms with E-state index in [1.54, 1.807) is 0 Å². The Hall–Kier alpha value is -2.00. The van der Waals surface area contributed by atoms with E-state index in [0.717, 1.165) is 0 Å². The van der Waals surface area contributed by atoms with E-state index in [1.165, 1.54) is 30.5 Å². The molecule has 0 atom stereocenters. The number of halogens is 2. The first-order valence-corrected chi connectivity index (χ1v) is 5.34. The molecule has 6 heteroatoms. The first-order valence-electron chi connectivity index (χ1n) is 4.55. The van der Waals surface area contributed by atoms with Crippen molar-refractivity contribution in [2.24, 2.45) is 0 Å². The summed E-state index contributed by atoms with van der Waals surface area (Å²) >= 11 is 3.15. The number of nitriles is 1. The highest BCUT2D eigenvalue weighted by Gasteiger charge is 2.06. The van der Waals surface area contributed by atoms with Gasteiger partial charge in [0.25, 0.3) is 0 Å². The third kappa shape index (κ3) is 2.77. The molecule has 0 fully saturated rings. The lowest BCUT2D eigenvalue weighted by Gasteiger charge is -2.05. The summed E-state index contributed by atoms with van der Waals surface area (Å²) in [5.74, 6) is -0.00240. The van der Waals surface area contributed by atoms with Gasteiger partial charge in [0.05, 0.1) is 4.47 Å². The van der Waals surface area contributed by atoms with E-state index in [2.05, 4.69) is 25.9 Å². The van der Waals surface area contributed by atoms with Gasteiger partial charge in [0.2, 0.25) is 0 Å². The molecule has 0 aliphatic heterocycles. The summed E-state index contributed by atoms with van der Waals surface area (Å²) in [6, 6.07) is 7.35. The predicted molar refractivity (Wildman–Crippen MR) is 60.9 cm³/mol. The summed E-state index contributed by atoms with van der Waals surface area (Å²) in [5.41, 5.74) is 0.202. The van der Waals surface area contributed by atoms with Crippen LogP contribution in [-0.4, -0.2) is 9.97 Å². The molecule has 1 aromatic heterocycles. The van der Waals surface area contributed by atoms with Crippen LogP contribution in [0.25, 0.3) is 0 Å². The molecule has 2 rings (SSSR count). The number of nitrogens with zero attached hydrogens (tertiary/aromatic N) is 3. The molecule has 0 N–H and O–H groups in total. The zero-order valence-corrected chi connectivity index (χ0v) is 9.98. The highest BCUT2D eigenvalue weighted by molar-refractivity contribution is 9.10. The van der Waals surface area contributed by atoms with Crippen molar-refractivity contribution in [3.8, 4) is 17.8 Å². The second-order valence-corrected chi connectivity index (χ2v) is 3.87. The van der Waals surface area contributed by atoms with E-state index in [9.17, 15) is 4.39 Å². The van der Waals surface area contributed by atoms with Gasteiger partial charge in [0, 0.05) is 6.20 Å². The molecular formula is C11H5BrFN3O. The van der Waals surface area contributed by atoms with Crippen molar-refractivity contribution < 1.29 is 9.13 Å². The number of hydrogen-bond acceptors (Lipinski definition) is 4. The average molecular weight is 294 g/mol. The van der Waals surface area contributed by atoms with Gasteiger partial charge in [-0.3, -0.25) is 0 Å². The molecule has 0 amide bonds. The first-order chi connectivity index (χ1) is 8.19. The Morgan fingerprint density at radius 2 is 2.18 bits per heavy atom. The minimum atomic E-state index is -0.379. The first kappa shape index (κ1) is 11.5. The number of benzene rings is 1. The molecule has 0 saturated heterocycles. The minimum Gasteiger partial charge on any atom is -0.423 e. The van der Waals surface area contributed by atoms with Gasteiger partial charge in [-0.25, -0.2) is 9.37 Å². The van der Waals surface area contributed by atoms with E-state index in [0.29, 0.717) is 10.2 Å². The molecule has 0 spiro atoms. The van der Waals surface area contributed by atoms with Crippen LogP contribution in [0, 0.1) is 17.1 Å². The normalized spacial score (nSPS) is 9.71. The zero-order valence-electron chi connectivity index (χ0n) is 8.39. The van der Waals surface area contributed by atoms with Crippen molar-refractivity contribution in [3.63, 3.8) is 0 Å². The lowest BCUT2D eigenvalue weighted by atomic mass is 10.3. The standard InChI is InChI=1S/C11H5BrFN3O/c12-9-5-7(13)1-2-10(9)17-11-15-4-3-8(6-14)16-11/h1-5H. The Balaban J connectivity index is 2.28. The van der Waals surface area contributed by atoms with Crippen LogP contribution < -0.4 is 4.74 Å². The number of hydrogen-bond donors (Lipinski definition) is 0. The van der Waals surface area contributed by atoms with Gasteiger partial charge in [0.15, 0.2) is 0 Å². The fourth-order valence-electron chi connectivity index (χ4n) is 1.11. The lowest BCUT2D eigenvalue weighted by molar-refractivity contribution is 0.437. The third-order valence-electron chi connectivity index (χ3n) is 1.84. The van der Waals surface area contributed by atoms with Crippen LogP contribution in [0.2, 0.25) is 0 Å². The van der Waals surface area contributed by atoms with Crippen molar-refractivity contribution in [2.75, 3.05) is 0 Å². The van der Waals surface area contributed by atoms with Gasteiger partial charge >= 0.3 is 6.01 Å². The SMILES string of the molecule is N#Cc1ccnc(Oc2ccc(F)cc2Br)n1. The van der Waals surface area contributed by atoms with Gasteiger partial charge in [-0.2, -0.15) is 10.2 Å². The van der Waals surface area contributed by atoms with Crippen molar-refractivity contribution >= 4 is 15.9 Å². The summed E-state index contributed by atoms with van der Waals surface area (Å²) < 4.78 is 18.6. The van der Waals surface area contributed by atoms with Crippen LogP contribution >= 0.6 is 15.9 Å². The Kier molecular flexibility index (Phi) is 3.30. The second-order valence-electron chi connectivity index (χ2n) is 3.01. The monoisotopic (exact) mass is 293 g/mol.